The Hall–Kier alpha value is -7.53. The van der Waals surface area contributed by atoms with Gasteiger partial charge in [0.05, 0.1) is 38.2 Å². The molecule has 0 amide bonds. The van der Waals surface area contributed by atoms with Crippen LogP contribution in [0.4, 0.5) is 0 Å². The Bertz CT molecular complexity index is 4250. The molecule has 0 saturated carbocycles. The van der Waals surface area contributed by atoms with Crippen LogP contribution in [0.25, 0.3) is 108 Å². The summed E-state index contributed by atoms with van der Waals surface area (Å²) in [5, 5.41) is 14.3. The van der Waals surface area contributed by atoms with E-state index in [0.29, 0.717) is 0 Å². The summed E-state index contributed by atoms with van der Waals surface area (Å²) in [5.41, 5.74) is 14.4. The van der Waals surface area contributed by atoms with Gasteiger partial charge in [-0.3, -0.25) is 4.57 Å². The molecule has 0 fully saturated rings. The van der Waals surface area contributed by atoms with Crippen molar-refractivity contribution in [2.75, 3.05) is 0 Å². The van der Waals surface area contributed by atoms with Crippen molar-refractivity contribution in [1.29, 1.82) is 0 Å². The molecule has 13 aromatic rings. The number of aryl methyl sites for hydroxylation is 1. The SMILES string of the molecule is CC1C/C=C(n2c3ccccc3c3c4ccccc4ccc32)/N=C(/C2CCc3ccc4ccccc4c3-c3cc4c5ccccc5n5c6ccccc6c(c32)c45)c2sc3ccccc3c21. The number of hydrogen-bond donors (Lipinski definition) is 0. The Balaban J connectivity index is 1.11. The van der Waals surface area contributed by atoms with Gasteiger partial charge in [0.15, 0.2) is 0 Å². The van der Waals surface area contributed by atoms with Crippen LogP contribution in [-0.2, 0) is 6.42 Å². The van der Waals surface area contributed by atoms with E-state index in [1.807, 2.05) is 11.3 Å². The van der Waals surface area contributed by atoms with Crippen molar-refractivity contribution in [3.8, 4) is 11.1 Å². The second kappa shape index (κ2) is 13.3. The number of aliphatic imine (C=N–C) groups is 1. The van der Waals surface area contributed by atoms with E-state index in [1.165, 1.54) is 130 Å². The first-order valence-electron chi connectivity index (χ1n) is 23.1. The highest BCUT2D eigenvalue weighted by Gasteiger charge is 2.36. The van der Waals surface area contributed by atoms with E-state index in [4.69, 9.17) is 4.99 Å². The number of para-hydroxylation sites is 3. The number of fused-ring (bicyclic) bond motifs is 20. The molecule has 306 valence electrons. The molecule has 0 saturated heterocycles. The summed E-state index contributed by atoms with van der Waals surface area (Å²) in [4.78, 5) is 7.57. The van der Waals surface area contributed by atoms with Crippen LogP contribution in [0.3, 0.4) is 0 Å². The summed E-state index contributed by atoms with van der Waals surface area (Å²) in [6, 6.07) is 66.1. The summed E-state index contributed by atoms with van der Waals surface area (Å²) >= 11 is 1.95. The lowest BCUT2D eigenvalue weighted by Crippen LogP contribution is -2.18. The molecule has 3 nitrogen and oxygen atoms in total. The van der Waals surface area contributed by atoms with Crippen molar-refractivity contribution < 1.29 is 0 Å². The van der Waals surface area contributed by atoms with Crippen LogP contribution in [0.5, 0.6) is 0 Å². The van der Waals surface area contributed by atoms with Gasteiger partial charge in [-0.25, -0.2) is 4.99 Å². The molecule has 0 radical (unpaired) electrons. The molecule has 4 aromatic heterocycles. The van der Waals surface area contributed by atoms with Crippen molar-refractivity contribution in [2.45, 2.75) is 38.0 Å². The van der Waals surface area contributed by atoms with Crippen LogP contribution in [0.15, 0.2) is 187 Å². The number of thiophene rings is 1. The Morgan fingerprint density at radius 2 is 1.17 bits per heavy atom. The maximum atomic E-state index is 6.23. The lowest BCUT2D eigenvalue weighted by Gasteiger charge is -2.26. The van der Waals surface area contributed by atoms with Crippen LogP contribution in [0.2, 0.25) is 0 Å². The summed E-state index contributed by atoms with van der Waals surface area (Å²) < 4.78 is 6.37. The molecule has 15 rings (SSSR count). The first-order chi connectivity index (χ1) is 32.2. The van der Waals surface area contributed by atoms with Gasteiger partial charge in [-0.2, -0.15) is 0 Å². The van der Waals surface area contributed by atoms with Crippen LogP contribution >= 0.6 is 11.3 Å². The standard InChI is InChI=1S/C61H41N3S/c1-35-26-33-53(63-49-23-11-7-19-42(49)56-40-17-5-3-15-37(40)30-32-51(56)63)62-59(61-54(35)44-21-9-13-25-52(44)65-61)45-31-29-38-28-27-36-14-2-4-16-39(36)55(38)47-34-46-41-18-6-10-22-48(41)64-50-24-12-8-20-43(50)58(57(45)47)60(46)64/h2-25,27-28,30,32-35,45H,26,29,31H2,1H3/b53-33-,62-59-. The molecule has 2 unspecified atom stereocenters. The Morgan fingerprint density at radius 1 is 0.538 bits per heavy atom. The van der Waals surface area contributed by atoms with Crippen molar-refractivity contribution in [1.82, 2.24) is 8.97 Å². The summed E-state index contributed by atoms with van der Waals surface area (Å²) in [6.07, 6.45) is 5.22. The van der Waals surface area contributed by atoms with Gasteiger partial charge < -0.3 is 4.40 Å². The van der Waals surface area contributed by atoms with E-state index in [2.05, 4.69) is 198 Å². The van der Waals surface area contributed by atoms with Crippen molar-refractivity contribution in [3.63, 3.8) is 0 Å². The van der Waals surface area contributed by atoms with Crippen LogP contribution in [0, 0.1) is 0 Å². The van der Waals surface area contributed by atoms with E-state index in [-0.39, 0.29) is 11.8 Å². The van der Waals surface area contributed by atoms with Crippen molar-refractivity contribution >= 4 is 114 Å². The first-order valence-corrected chi connectivity index (χ1v) is 23.9. The summed E-state index contributed by atoms with van der Waals surface area (Å²) in [7, 11) is 0. The van der Waals surface area contributed by atoms with Gasteiger partial charge in [0.1, 0.15) is 5.82 Å². The molecular weight excluding hydrogens is 807 g/mol. The molecule has 2 aliphatic rings. The third-order valence-electron chi connectivity index (χ3n) is 15.1. The average Bonchev–Trinajstić information content (AvgIpc) is 4.07. The molecule has 9 aromatic carbocycles. The molecule has 5 heterocycles. The molecule has 4 heteroatoms. The Kier molecular flexibility index (Phi) is 7.32. The van der Waals surface area contributed by atoms with Gasteiger partial charge in [0, 0.05) is 42.9 Å². The van der Waals surface area contributed by atoms with E-state index < -0.39 is 0 Å². The fourth-order valence-corrected chi connectivity index (χ4v) is 13.8. The van der Waals surface area contributed by atoms with Crippen LogP contribution in [-0.4, -0.2) is 14.7 Å². The molecule has 0 bridgehead atoms. The Morgan fingerprint density at radius 3 is 1.98 bits per heavy atom. The highest BCUT2D eigenvalue weighted by molar-refractivity contribution is 7.21. The number of allylic oxidation sites excluding steroid dienone is 1. The fraction of sp³-hybridized carbons (Fsp3) is 0.0984. The second-order valence-corrected chi connectivity index (χ2v) is 19.5. The summed E-state index contributed by atoms with van der Waals surface area (Å²) in [6.45, 7) is 2.44. The molecule has 1 aliphatic carbocycles. The zero-order valence-corrected chi connectivity index (χ0v) is 36.7. The van der Waals surface area contributed by atoms with Gasteiger partial charge in [-0.05, 0) is 122 Å². The molecular formula is C61H41N3S. The molecule has 1 aliphatic heterocycles. The number of benzene rings is 9. The number of hydrogen-bond acceptors (Lipinski definition) is 2. The normalized spacial score (nSPS) is 18.3. The molecule has 0 spiro atoms. The summed E-state index contributed by atoms with van der Waals surface area (Å²) in [5.74, 6) is 1.28. The number of nitrogens with zero attached hydrogens (tertiary/aromatic N) is 3. The first kappa shape index (κ1) is 35.9. The zero-order valence-electron chi connectivity index (χ0n) is 35.8. The maximum absolute atomic E-state index is 6.23. The molecule has 65 heavy (non-hydrogen) atoms. The minimum atomic E-state index is -0.0115. The smallest absolute Gasteiger partial charge is 0.133 e. The quantitative estimate of drug-likeness (QED) is 0.165. The van der Waals surface area contributed by atoms with Gasteiger partial charge >= 0.3 is 0 Å². The highest BCUT2D eigenvalue weighted by Crippen LogP contribution is 2.53. The van der Waals surface area contributed by atoms with Gasteiger partial charge in [0.25, 0.3) is 0 Å². The van der Waals surface area contributed by atoms with Gasteiger partial charge in [0.2, 0.25) is 0 Å². The third-order valence-corrected chi connectivity index (χ3v) is 16.3. The zero-order chi connectivity index (χ0) is 42.5. The lowest BCUT2D eigenvalue weighted by molar-refractivity contribution is 0.765. The van der Waals surface area contributed by atoms with Crippen LogP contribution in [0.1, 0.15) is 53.2 Å². The minimum Gasteiger partial charge on any atom is -0.308 e. The monoisotopic (exact) mass is 847 g/mol. The number of aromatic nitrogens is 2. The maximum Gasteiger partial charge on any atom is 0.133 e. The van der Waals surface area contributed by atoms with Gasteiger partial charge in [-0.15, -0.1) is 11.3 Å². The topological polar surface area (TPSA) is 21.7 Å². The van der Waals surface area contributed by atoms with E-state index in [0.717, 1.165) is 25.1 Å². The average molecular weight is 848 g/mol. The molecule has 2 atom stereocenters. The van der Waals surface area contributed by atoms with Crippen molar-refractivity contribution in [3.05, 3.63) is 204 Å². The third kappa shape index (κ3) is 4.82. The predicted molar refractivity (Wildman–Crippen MR) is 278 cm³/mol. The van der Waals surface area contributed by atoms with E-state index >= 15 is 0 Å². The van der Waals surface area contributed by atoms with Crippen molar-refractivity contribution in [2.24, 2.45) is 4.99 Å². The lowest BCUT2D eigenvalue weighted by atomic mass is 9.80. The minimum absolute atomic E-state index is 0.0115. The highest BCUT2D eigenvalue weighted by atomic mass is 32.1. The van der Waals surface area contributed by atoms with Gasteiger partial charge in [-0.1, -0.05) is 146 Å². The predicted octanol–water partition coefficient (Wildman–Crippen LogP) is 16.7. The Labute approximate surface area is 379 Å². The number of rotatable bonds is 2. The molecule has 0 N–H and O–H groups in total. The van der Waals surface area contributed by atoms with E-state index in [1.54, 1.807) is 0 Å². The van der Waals surface area contributed by atoms with Crippen LogP contribution < -0.4 is 0 Å². The second-order valence-electron chi connectivity index (χ2n) is 18.5. The fourth-order valence-electron chi connectivity index (χ4n) is 12.4. The largest absolute Gasteiger partial charge is 0.308 e. The van der Waals surface area contributed by atoms with E-state index in [9.17, 15) is 0 Å².